The molecule has 3 heterocycles. The van der Waals surface area contributed by atoms with E-state index >= 15 is 0 Å². The van der Waals surface area contributed by atoms with Gasteiger partial charge in [0.1, 0.15) is 5.82 Å². The molecular weight excluding hydrogens is 379 g/mol. The van der Waals surface area contributed by atoms with Crippen LogP contribution in [0.1, 0.15) is 12.8 Å². The number of nitrogens with zero attached hydrogens (tertiary/aromatic N) is 4. The van der Waals surface area contributed by atoms with E-state index < -0.39 is 11.8 Å². The number of nitrogens with one attached hydrogen (secondary N) is 3. The van der Waals surface area contributed by atoms with Crippen LogP contribution in [-0.2, 0) is 0 Å². The summed E-state index contributed by atoms with van der Waals surface area (Å²) in [5.74, 6) is 4.89. The normalized spacial score (nSPS) is 13.5. The van der Waals surface area contributed by atoms with Crippen LogP contribution in [-0.4, -0.2) is 44.4 Å². The van der Waals surface area contributed by atoms with Gasteiger partial charge in [-0.25, -0.2) is 29.8 Å². The number of aromatic nitrogens is 3. The Morgan fingerprint density at radius 2 is 1.90 bits per heavy atom. The van der Waals surface area contributed by atoms with E-state index in [0.717, 1.165) is 25.9 Å². The molecule has 0 saturated carbocycles. The molecule has 11 heteroatoms. The fourth-order valence-corrected chi connectivity index (χ4v) is 3.17. The van der Waals surface area contributed by atoms with Crippen LogP contribution in [0.25, 0.3) is 17.0 Å². The fraction of sp³-hybridized carbons (Fsp3) is 0.222. The Morgan fingerprint density at radius 1 is 1.10 bits per heavy atom. The number of halogens is 1. The van der Waals surface area contributed by atoms with Crippen molar-refractivity contribution in [2.24, 2.45) is 5.84 Å². The van der Waals surface area contributed by atoms with Crippen molar-refractivity contribution in [2.75, 3.05) is 23.7 Å². The molecule has 1 aromatic carbocycles. The monoisotopic (exact) mass is 398 g/mol. The Balaban J connectivity index is 1.60. The van der Waals surface area contributed by atoms with E-state index in [1.54, 1.807) is 21.7 Å². The van der Waals surface area contributed by atoms with E-state index in [2.05, 4.69) is 20.6 Å². The molecule has 1 fully saturated rings. The molecular formula is C18H19FN8O2. The SMILES string of the molecule is NNC(=O)Nc1cnc2nc(-c3cc(NC(=O)N4CCCC4)ccc3F)cn2c1. The van der Waals surface area contributed by atoms with Gasteiger partial charge in [-0.3, -0.25) is 9.83 Å². The van der Waals surface area contributed by atoms with Crippen LogP contribution < -0.4 is 21.9 Å². The maximum atomic E-state index is 14.4. The molecule has 29 heavy (non-hydrogen) atoms. The molecule has 0 aliphatic carbocycles. The molecule has 2 aromatic heterocycles. The van der Waals surface area contributed by atoms with E-state index in [1.165, 1.54) is 24.4 Å². The number of imidazole rings is 1. The van der Waals surface area contributed by atoms with Crippen LogP contribution in [0, 0.1) is 5.82 Å². The van der Waals surface area contributed by atoms with Crippen molar-refractivity contribution in [3.8, 4) is 11.3 Å². The van der Waals surface area contributed by atoms with Gasteiger partial charge in [-0.15, -0.1) is 0 Å². The van der Waals surface area contributed by atoms with Crippen LogP contribution in [0.5, 0.6) is 0 Å². The third-order valence-corrected chi connectivity index (χ3v) is 4.59. The van der Waals surface area contributed by atoms with Gasteiger partial charge in [0.15, 0.2) is 0 Å². The summed E-state index contributed by atoms with van der Waals surface area (Å²) in [7, 11) is 0. The number of carbonyl (C=O) groups is 2. The van der Waals surface area contributed by atoms with Gasteiger partial charge < -0.3 is 15.5 Å². The Morgan fingerprint density at radius 3 is 2.66 bits per heavy atom. The maximum absolute atomic E-state index is 14.4. The summed E-state index contributed by atoms with van der Waals surface area (Å²) in [6, 6.07) is 3.52. The summed E-state index contributed by atoms with van der Waals surface area (Å²) in [6.07, 6.45) is 6.54. The molecule has 4 rings (SSSR count). The molecule has 10 nitrogen and oxygen atoms in total. The smallest absolute Gasteiger partial charge is 0.325 e. The zero-order valence-corrected chi connectivity index (χ0v) is 15.4. The first-order valence-corrected chi connectivity index (χ1v) is 9.02. The number of benzene rings is 1. The first-order valence-electron chi connectivity index (χ1n) is 9.02. The summed E-state index contributed by atoms with van der Waals surface area (Å²) < 4.78 is 16.0. The summed E-state index contributed by atoms with van der Waals surface area (Å²) >= 11 is 0. The Kier molecular flexibility index (Phi) is 4.96. The van der Waals surface area contributed by atoms with E-state index in [4.69, 9.17) is 5.84 Å². The molecule has 1 aliphatic rings. The molecule has 150 valence electrons. The zero-order chi connectivity index (χ0) is 20.4. The first-order chi connectivity index (χ1) is 14.0. The molecule has 0 radical (unpaired) electrons. The summed E-state index contributed by atoms with van der Waals surface area (Å²) in [6.45, 7) is 1.44. The minimum atomic E-state index is -0.598. The predicted octanol–water partition coefficient (Wildman–Crippen LogP) is 2.16. The van der Waals surface area contributed by atoms with Crippen LogP contribution in [0.4, 0.5) is 25.4 Å². The van der Waals surface area contributed by atoms with E-state index in [1.807, 2.05) is 5.43 Å². The number of likely N-dealkylation sites (tertiary alicyclic amines) is 1. The number of anilines is 2. The van der Waals surface area contributed by atoms with Crippen molar-refractivity contribution in [2.45, 2.75) is 12.8 Å². The molecule has 4 amide bonds. The largest absolute Gasteiger partial charge is 0.333 e. The second kappa shape index (κ2) is 7.72. The summed E-state index contributed by atoms with van der Waals surface area (Å²) in [4.78, 5) is 33.8. The average molecular weight is 398 g/mol. The van der Waals surface area contributed by atoms with Gasteiger partial charge in [-0.2, -0.15) is 0 Å². The van der Waals surface area contributed by atoms with Gasteiger partial charge in [0.2, 0.25) is 5.78 Å². The van der Waals surface area contributed by atoms with Crippen molar-refractivity contribution in [3.05, 3.63) is 42.6 Å². The van der Waals surface area contributed by atoms with E-state index in [-0.39, 0.29) is 11.6 Å². The van der Waals surface area contributed by atoms with Crippen LogP contribution >= 0.6 is 0 Å². The van der Waals surface area contributed by atoms with Crippen molar-refractivity contribution in [1.82, 2.24) is 24.7 Å². The van der Waals surface area contributed by atoms with Crippen LogP contribution in [0.3, 0.4) is 0 Å². The van der Waals surface area contributed by atoms with Crippen LogP contribution in [0.15, 0.2) is 36.8 Å². The maximum Gasteiger partial charge on any atom is 0.333 e. The van der Waals surface area contributed by atoms with Crippen molar-refractivity contribution in [1.29, 1.82) is 0 Å². The topological polar surface area (TPSA) is 130 Å². The third-order valence-electron chi connectivity index (χ3n) is 4.59. The number of amides is 4. The molecule has 0 bridgehead atoms. The second-order valence-corrected chi connectivity index (χ2v) is 6.59. The number of hydrazine groups is 1. The standard InChI is InChI=1S/C18H19FN8O2/c19-14-4-3-11(23-18(29)26-5-1-2-6-26)7-13(14)15-10-27-9-12(22-17(28)25-20)8-21-16(27)24-15/h3-4,7-10H,1-2,5-6,20H2,(H,23,29)(H2,22,25,28). The summed E-state index contributed by atoms with van der Waals surface area (Å²) in [5, 5.41) is 5.29. The van der Waals surface area contributed by atoms with Gasteiger partial charge in [-0.1, -0.05) is 0 Å². The fourth-order valence-electron chi connectivity index (χ4n) is 3.17. The Hall–Kier alpha value is -3.73. The quantitative estimate of drug-likeness (QED) is 0.305. The zero-order valence-electron chi connectivity index (χ0n) is 15.4. The molecule has 1 saturated heterocycles. The second-order valence-electron chi connectivity index (χ2n) is 6.59. The third kappa shape index (κ3) is 3.94. The van der Waals surface area contributed by atoms with Crippen LogP contribution in [0.2, 0.25) is 0 Å². The lowest BCUT2D eigenvalue weighted by Crippen LogP contribution is -2.34. The van der Waals surface area contributed by atoms with Gasteiger partial charge in [0.25, 0.3) is 0 Å². The van der Waals surface area contributed by atoms with Gasteiger partial charge in [0, 0.05) is 36.7 Å². The van der Waals surface area contributed by atoms with Crippen molar-refractivity contribution in [3.63, 3.8) is 0 Å². The molecule has 1 aliphatic heterocycles. The highest BCUT2D eigenvalue weighted by Gasteiger charge is 2.19. The van der Waals surface area contributed by atoms with E-state index in [9.17, 15) is 14.0 Å². The minimum Gasteiger partial charge on any atom is -0.325 e. The number of hydrogen-bond donors (Lipinski definition) is 4. The number of urea groups is 2. The Labute approximate surface area is 164 Å². The molecule has 0 atom stereocenters. The molecule has 0 unspecified atom stereocenters. The first kappa shape index (κ1) is 18.6. The highest BCUT2D eigenvalue weighted by Crippen LogP contribution is 2.26. The molecule has 0 spiro atoms. The Bertz CT molecular complexity index is 1080. The number of fused-ring (bicyclic) bond motifs is 1. The van der Waals surface area contributed by atoms with Gasteiger partial charge in [-0.05, 0) is 31.0 Å². The lowest BCUT2D eigenvalue weighted by Gasteiger charge is -2.16. The van der Waals surface area contributed by atoms with E-state index in [0.29, 0.717) is 22.8 Å². The highest BCUT2D eigenvalue weighted by atomic mass is 19.1. The van der Waals surface area contributed by atoms with Gasteiger partial charge in [0.05, 0.1) is 17.6 Å². The van der Waals surface area contributed by atoms with Gasteiger partial charge >= 0.3 is 12.1 Å². The number of nitrogens with two attached hydrogens (primary N) is 1. The summed E-state index contributed by atoms with van der Waals surface area (Å²) in [5.41, 5.74) is 3.38. The predicted molar refractivity (Wildman–Crippen MR) is 105 cm³/mol. The van der Waals surface area contributed by atoms with Crippen molar-refractivity contribution >= 4 is 29.2 Å². The number of rotatable bonds is 3. The molecule has 5 N–H and O–H groups in total. The highest BCUT2D eigenvalue weighted by molar-refractivity contribution is 5.90. The average Bonchev–Trinajstić information content (AvgIpc) is 3.38. The number of carbonyl (C=O) groups excluding carboxylic acids is 2. The lowest BCUT2D eigenvalue weighted by atomic mass is 10.1. The minimum absolute atomic E-state index is 0.203. The number of hydrogen-bond acceptors (Lipinski definition) is 5. The van der Waals surface area contributed by atoms with Crippen molar-refractivity contribution < 1.29 is 14.0 Å². The lowest BCUT2D eigenvalue weighted by molar-refractivity contribution is 0.222. The molecule has 3 aromatic rings.